The second-order valence-electron chi connectivity index (χ2n) is 5.13. The molecule has 0 radical (unpaired) electrons. The lowest BCUT2D eigenvalue weighted by molar-refractivity contribution is 0.0698. The summed E-state index contributed by atoms with van der Waals surface area (Å²) in [6.07, 6.45) is 4.30. The van der Waals surface area contributed by atoms with E-state index in [1.807, 2.05) is 18.2 Å². The number of nitrogens with one attached hydrogen (secondary N) is 1. The van der Waals surface area contributed by atoms with Crippen molar-refractivity contribution in [2.75, 3.05) is 5.23 Å². The Labute approximate surface area is 126 Å². The monoisotopic (exact) mass is 281 g/mol. The number of carbonyl (C=O) groups is 1. The van der Waals surface area contributed by atoms with Crippen LogP contribution in [0.4, 0.5) is 5.69 Å². The number of carboxylic acids is 1. The summed E-state index contributed by atoms with van der Waals surface area (Å²) in [6, 6.07) is 16.0. The molecule has 108 valence electrons. The maximum atomic E-state index is 11.1. The molecule has 21 heavy (non-hydrogen) atoms. The van der Waals surface area contributed by atoms with Crippen molar-refractivity contribution in [3.63, 3.8) is 0 Å². The van der Waals surface area contributed by atoms with Crippen molar-refractivity contribution in [3.05, 3.63) is 65.2 Å². The van der Waals surface area contributed by atoms with Crippen LogP contribution in [0.25, 0.3) is 0 Å². The minimum atomic E-state index is -0.894. The van der Waals surface area contributed by atoms with Crippen molar-refractivity contribution in [3.8, 4) is 0 Å². The summed E-state index contributed by atoms with van der Waals surface area (Å²) < 4.78 is 0. The molecule has 0 fully saturated rings. The Morgan fingerprint density at radius 1 is 1.00 bits per heavy atom. The summed E-state index contributed by atoms with van der Waals surface area (Å²) in [6.45, 7) is 0. The molecule has 0 amide bonds. The second-order valence-corrected chi connectivity index (χ2v) is 5.13. The van der Waals surface area contributed by atoms with Crippen LogP contribution in [0.3, 0.4) is 0 Å². The van der Waals surface area contributed by atoms with Crippen molar-refractivity contribution >= 4 is 19.6 Å². The lowest BCUT2D eigenvalue weighted by Crippen LogP contribution is -2.04. The van der Waals surface area contributed by atoms with E-state index < -0.39 is 5.97 Å². The molecule has 2 N–H and O–H groups in total. The molecule has 0 bridgehead atoms. The molecule has 2 aromatic rings. The second kappa shape index (κ2) is 7.53. The molecule has 0 heterocycles. The highest BCUT2D eigenvalue weighted by molar-refractivity contribution is 6.17. The van der Waals surface area contributed by atoms with Gasteiger partial charge in [0.15, 0.2) is 0 Å². The highest BCUT2D eigenvalue weighted by atomic mass is 16.4. The number of anilines is 1. The third kappa shape index (κ3) is 4.38. The zero-order valence-corrected chi connectivity index (χ0v) is 12.3. The molecule has 0 aliphatic carbocycles. The fraction of sp³-hybridized carbons (Fsp3) is 0.235. The average molecular weight is 281 g/mol. The largest absolute Gasteiger partial charge is 0.478 e. The fourth-order valence-electron chi connectivity index (χ4n) is 2.44. The van der Waals surface area contributed by atoms with E-state index >= 15 is 0 Å². The van der Waals surface area contributed by atoms with Crippen LogP contribution in [0, 0.1) is 0 Å². The smallest absolute Gasteiger partial charge is 0.337 e. The van der Waals surface area contributed by atoms with Gasteiger partial charge in [0.05, 0.1) is 5.56 Å². The van der Waals surface area contributed by atoms with Crippen molar-refractivity contribution in [1.29, 1.82) is 0 Å². The van der Waals surface area contributed by atoms with Gasteiger partial charge in [0.1, 0.15) is 0 Å². The van der Waals surface area contributed by atoms with E-state index in [4.69, 9.17) is 5.11 Å². The van der Waals surface area contributed by atoms with Crippen LogP contribution in [0.2, 0.25) is 0 Å². The van der Waals surface area contributed by atoms with Crippen LogP contribution >= 0.6 is 0 Å². The lowest BCUT2D eigenvalue weighted by Gasteiger charge is -2.09. The summed E-state index contributed by atoms with van der Waals surface area (Å²) in [7, 11) is 1.75. The topological polar surface area (TPSA) is 49.3 Å². The summed E-state index contributed by atoms with van der Waals surface area (Å²) in [4.78, 5) is 11.1. The molecule has 0 aromatic heterocycles. The van der Waals surface area contributed by atoms with Crippen LogP contribution in [-0.4, -0.2) is 19.1 Å². The first-order chi connectivity index (χ1) is 10.2. The quantitative estimate of drug-likeness (QED) is 0.606. The summed E-state index contributed by atoms with van der Waals surface area (Å²) >= 11 is 0. The van der Waals surface area contributed by atoms with Crippen LogP contribution in [0.1, 0.15) is 34.3 Å². The van der Waals surface area contributed by atoms with Gasteiger partial charge >= 0.3 is 5.97 Å². The molecule has 0 atom stereocenters. The molecule has 0 aliphatic rings. The van der Waals surface area contributed by atoms with E-state index in [1.165, 1.54) is 11.1 Å². The Morgan fingerprint density at radius 3 is 2.29 bits per heavy atom. The van der Waals surface area contributed by atoms with Crippen molar-refractivity contribution in [2.24, 2.45) is 0 Å². The summed E-state index contributed by atoms with van der Waals surface area (Å²) in [5.41, 5.74) is 3.56. The third-order valence-electron chi connectivity index (χ3n) is 3.61. The van der Waals surface area contributed by atoms with E-state index in [1.54, 1.807) is 14.0 Å². The molecule has 0 spiro atoms. The first-order valence-corrected chi connectivity index (χ1v) is 7.28. The Morgan fingerprint density at radius 2 is 1.67 bits per heavy atom. The molecule has 0 saturated carbocycles. The maximum absolute atomic E-state index is 11.1. The Kier molecular flexibility index (Phi) is 5.44. The fourth-order valence-corrected chi connectivity index (χ4v) is 2.44. The van der Waals surface area contributed by atoms with Gasteiger partial charge in [-0.05, 0) is 48.9 Å². The number of hydrogen-bond acceptors (Lipinski definition) is 2. The van der Waals surface area contributed by atoms with Crippen molar-refractivity contribution < 1.29 is 9.90 Å². The van der Waals surface area contributed by atoms with Gasteiger partial charge in [-0.15, -0.1) is 0 Å². The highest BCUT2D eigenvalue weighted by Gasteiger charge is 2.09. The van der Waals surface area contributed by atoms with Crippen LogP contribution < -0.4 is 5.23 Å². The SMILES string of the molecule is BNc1cc(CCCCc2ccccc2)ccc1C(=O)O. The van der Waals surface area contributed by atoms with Crippen LogP contribution in [0.5, 0.6) is 0 Å². The minimum absolute atomic E-state index is 0.325. The first kappa shape index (κ1) is 15.2. The van der Waals surface area contributed by atoms with Gasteiger partial charge in [-0.2, -0.15) is 0 Å². The first-order valence-electron chi connectivity index (χ1n) is 7.28. The van der Waals surface area contributed by atoms with Gasteiger partial charge in [-0.1, -0.05) is 36.4 Å². The van der Waals surface area contributed by atoms with E-state index in [9.17, 15) is 4.79 Å². The van der Waals surface area contributed by atoms with Gasteiger partial charge in [-0.25, -0.2) is 4.79 Å². The maximum Gasteiger partial charge on any atom is 0.337 e. The van der Waals surface area contributed by atoms with Crippen LogP contribution in [0.15, 0.2) is 48.5 Å². The Bertz CT molecular complexity index is 599. The zero-order chi connectivity index (χ0) is 15.1. The molecular formula is C17H20BNO2. The number of rotatable bonds is 7. The summed E-state index contributed by atoms with van der Waals surface area (Å²) in [5, 5.41) is 12.0. The predicted molar refractivity (Wildman–Crippen MR) is 88.7 cm³/mol. The van der Waals surface area contributed by atoms with Crippen molar-refractivity contribution in [2.45, 2.75) is 25.7 Å². The average Bonchev–Trinajstić information content (AvgIpc) is 2.52. The number of aryl methyl sites for hydroxylation is 2. The molecule has 2 aromatic carbocycles. The normalized spacial score (nSPS) is 10.3. The van der Waals surface area contributed by atoms with Gasteiger partial charge in [0.2, 0.25) is 7.98 Å². The molecule has 0 aliphatic heterocycles. The number of hydrogen-bond donors (Lipinski definition) is 2. The number of unbranched alkanes of at least 4 members (excludes halogenated alkanes) is 1. The van der Waals surface area contributed by atoms with Gasteiger partial charge in [0, 0.05) is 5.69 Å². The van der Waals surface area contributed by atoms with Gasteiger partial charge in [-0.3, -0.25) is 0 Å². The predicted octanol–water partition coefficient (Wildman–Crippen LogP) is 2.91. The molecule has 4 heteroatoms. The Balaban J connectivity index is 1.87. The van der Waals surface area contributed by atoms with E-state index in [0.717, 1.165) is 25.7 Å². The van der Waals surface area contributed by atoms with E-state index in [0.29, 0.717) is 11.3 Å². The summed E-state index contributed by atoms with van der Waals surface area (Å²) in [5.74, 6) is -0.894. The molecule has 2 rings (SSSR count). The van der Waals surface area contributed by atoms with Crippen LogP contribution in [-0.2, 0) is 12.8 Å². The van der Waals surface area contributed by atoms with Crippen molar-refractivity contribution in [1.82, 2.24) is 0 Å². The molecular weight excluding hydrogens is 261 g/mol. The van der Waals surface area contributed by atoms with E-state index in [-0.39, 0.29) is 0 Å². The van der Waals surface area contributed by atoms with Gasteiger partial charge in [0.25, 0.3) is 0 Å². The van der Waals surface area contributed by atoms with E-state index in [2.05, 4.69) is 29.5 Å². The zero-order valence-electron chi connectivity index (χ0n) is 12.3. The molecule has 3 nitrogen and oxygen atoms in total. The highest BCUT2D eigenvalue weighted by Crippen LogP contribution is 2.19. The standard InChI is InChI=1S/C17H20BNO2/c18-19-16-12-14(10-11-15(16)17(20)21)9-5-4-8-13-6-2-1-3-7-13/h1-3,6-7,10-12,19H,4-5,8-9,18H2,(H,20,21). The number of benzene rings is 2. The molecule has 0 saturated heterocycles. The Hall–Kier alpha value is -2.23. The third-order valence-corrected chi connectivity index (χ3v) is 3.61. The number of aromatic carboxylic acids is 1. The minimum Gasteiger partial charge on any atom is -0.478 e. The number of carboxylic acid groups (broad SMARTS) is 1. The lowest BCUT2D eigenvalue weighted by atomic mass is 10.0. The molecule has 0 unspecified atom stereocenters. The van der Waals surface area contributed by atoms with Gasteiger partial charge < -0.3 is 10.3 Å².